The Kier molecular flexibility index (Phi) is 5.54. The summed E-state index contributed by atoms with van der Waals surface area (Å²) >= 11 is 0. The first-order valence-corrected chi connectivity index (χ1v) is 16.9. The van der Waals surface area contributed by atoms with Crippen molar-refractivity contribution in [1.82, 2.24) is 0 Å². The van der Waals surface area contributed by atoms with Gasteiger partial charge in [0.25, 0.3) is 0 Å². The van der Waals surface area contributed by atoms with Gasteiger partial charge in [-0.05, 0) is 223 Å². The van der Waals surface area contributed by atoms with Crippen molar-refractivity contribution in [1.29, 1.82) is 0 Å². The Labute approximate surface area is 279 Å². The molecule has 0 N–H and O–H groups in total. The molecule has 0 saturated carbocycles. The Balaban J connectivity index is 1.68. The van der Waals surface area contributed by atoms with E-state index in [1.807, 2.05) is 18.2 Å². The summed E-state index contributed by atoms with van der Waals surface area (Å²) in [5.74, 6) is 0. The van der Waals surface area contributed by atoms with Crippen LogP contribution >= 0.6 is 0 Å². The lowest BCUT2D eigenvalue weighted by Crippen LogP contribution is -2.30. The van der Waals surface area contributed by atoms with Gasteiger partial charge >= 0.3 is 0 Å². The maximum absolute atomic E-state index is 9.57. The van der Waals surface area contributed by atoms with Crippen molar-refractivity contribution in [3.05, 3.63) is 143 Å². The van der Waals surface area contributed by atoms with Crippen molar-refractivity contribution in [2.24, 2.45) is 0 Å². The number of benzene rings is 5. The number of rotatable bonds is 0. The summed E-state index contributed by atoms with van der Waals surface area (Å²) in [4.78, 5) is 0. The van der Waals surface area contributed by atoms with Gasteiger partial charge < -0.3 is 0 Å². The van der Waals surface area contributed by atoms with Crippen LogP contribution < -0.4 is 0 Å². The van der Waals surface area contributed by atoms with E-state index in [-0.39, 0.29) is 0 Å². The van der Waals surface area contributed by atoms with Crippen LogP contribution in [-0.4, -0.2) is 0 Å². The molecule has 0 bridgehead atoms. The zero-order valence-corrected chi connectivity index (χ0v) is 29.6. The zero-order valence-electron chi connectivity index (χ0n) is 31.6. The predicted molar refractivity (Wildman–Crippen MR) is 198 cm³/mol. The normalized spacial score (nSPS) is 16.3. The fraction of sp³-hybridized carbons (Fsp3) is 0.304. The molecule has 0 heteroatoms. The third kappa shape index (κ3) is 3.26. The van der Waals surface area contributed by atoms with Gasteiger partial charge in [0.05, 0.1) is 5.41 Å². The van der Waals surface area contributed by atoms with Crippen LogP contribution in [0.4, 0.5) is 0 Å². The van der Waals surface area contributed by atoms with Crippen LogP contribution in [0.3, 0.4) is 0 Å². The molecule has 0 fully saturated rings. The molecule has 0 nitrogen and oxygen atoms in total. The fourth-order valence-corrected chi connectivity index (χ4v) is 9.49. The van der Waals surface area contributed by atoms with Gasteiger partial charge in [-0.2, -0.15) is 0 Å². The highest BCUT2D eigenvalue weighted by Gasteiger charge is 2.49. The summed E-state index contributed by atoms with van der Waals surface area (Å²) in [6, 6.07) is 12.6. The molecule has 0 radical (unpaired) electrons. The van der Waals surface area contributed by atoms with Crippen molar-refractivity contribution in [3.63, 3.8) is 0 Å². The average molecular weight is 603 g/mol. The van der Waals surface area contributed by atoms with Crippen LogP contribution in [0, 0.1) is 83.1 Å². The van der Waals surface area contributed by atoms with Crippen LogP contribution in [0.1, 0.15) is 103 Å². The van der Waals surface area contributed by atoms with E-state index in [0.717, 1.165) is 27.8 Å². The van der Waals surface area contributed by atoms with Crippen LogP contribution in [0.15, 0.2) is 42.5 Å². The van der Waals surface area contributed by atoms with E-state index >= 15 is 0 Å². The van der Waals surface area contributed by atoms with Crippen LogP contribution in [0.25, 0.3) is 39.5 Å². The number of fused-ring (bicyclic) bond motifs is 13. The van der Waals surface area contributed by atoms with Crippen molar-refractivity contribution in [2.75, 3.05) is 0 Å². The SMILES string of the molecule is [3H]C1([3H])c2ccccc2-c2ccc3c(c21)C=CC31c2c(C)c(C)c(C)c(C)c2-c2c(C)c(C)c(C)c(C)c2-c2c(C)c(C)c(C)c(C)c21. The summed E-state index contributed by atoms with van der Waals surface area (Å²) in [7, 11) is 0. The Morgan fingerprint density at radius 2 is 0.935 bits per heavy atom. The highest BCUT2D eigenvalue weighted by atomic mass is 14.5. The van der Waals surface area contributed by atoms with E-state index in [9.17, 15) is 2.74 Å². The fourth-order valence-electron chi connectivity index (χ4n) is 9.49. The summed E-state index contributed by atoms with van der Waals surface area (Å²) in [6.07, 6.45) is 3.16. The Morgan fingerprint density at radius 1 is 0.478 bits per heavy atom. The molecule has 230 valence electrons. The quantitative estimate of drug-likeness (QED) is 0.165. The van der Waals surface area contributed by atoms with Gasteiger partial charge in [-0.1, -0.05) is 48.6 Å². The third-order valence-electron chi connectivity index (χ3n) is 13.0. The molecule has 46 heavy (non-hydrogen) atoms. The Bertz CT molecular complexity index is 2270. The van der Waals surface area contributed by atoms with Gasteiger partial charge in [0.1, 0.15) is 0 Å². The van der Waals surface area contributed by atoms with Gasteiger partial charge in [0.2, 0.25) is 0 Å². The minimum atomic E-state index is -1.59. The Hall–Kier alpha value is -4.16. The van der Waals surface area contributed by atoms with Gasteiger partial charge in [-0.3, -0.25) is 0 Å². The van der Waals surface area contributed by atoms with E-state index in [2.05, 4.69) is 113 Å². The van der Waals surface area contributed by atoms with Gasteiger partial charge in [-0.15, -0.1) is 0 Å². The molecule has 5 aromatic rings. The lowest BCUT2D eigenvalue weighted by Gasteiger charge is -2.38. The molecule has 0 heterocycles. The first-order chi connectivity index (χ1) is 22.6. The molecule has 0 saturated heterocycles. The van der Waals surface area contributed by atoms with E-state index < -0.39 is 11.8 Å². The summed E-state index contributed by atoms with van der Waals surface area (Å²) in [6.45, 7) is 27.8. The molecular weight excluding hydrogens is 553 g/mol. The molecule has 0 amide bonds. The van der Waals surface area contributed by atoms with Crippen molar-refractivity contribution < 1.29 is 2.74 Å². The maximum Gasteiger partial charge on any atom is 0.0658 e. The monoisotopic (exact) mass is 602 g/mol. The maximum atomic E-state index is 9.57. The predicted octanol–water partition coefficient (Wildman–Crippen LogP) is 12.0. The molecule has 0 aromatic heterocycles. The highest BCUT2D eigenvalue weighted by Crippen LogP contribution is 2.62. The van der Waals surface area contributed by atoms with Crippen LogP contribution in [0.5, 0.6) is 0 Å². The number of hydrogen-bond acceptors (Lipinski definition) is 0. The molecule has 3 aliphatic carbocycles. The molecule has 5 aromatic carbocycles. The zero-order chi connectivity index (χ0) is 34.5. The van der Waals surface area contributed by atoms with Gasteiger partial charge in [0.15, 0.2) is 0 Å². The standard InChI is InChI=1S/C46H46/c1-22-23(2)29(8)41-40(28(22)7)42-30(9)24(3)26(5)32(11)44(42)46(45-33(12)27(6)25(4)31(10)43(41)45)20-19-37-38-21-34-15-13-14-16-35(34)36(38)17-18-39(37)46/h13-20H,21H2,1-12H3/i21T2. The first kappa shape index (κ1) is 27.0. The molecule has 8 rings (SSSR count). The molecule has 3 aliphatic rings. The number of allylic oxidation sites excluding steroid dienone is 1. The minimum Gasteiger partial charge on any atom is -0.0645 e. The Morgan fingerprint density at radius 3 is 1.46 bits per heavy atom. The van der Waals surface area contributed by atoms with Gasteiger partial charge in [-0.25, -0.2) is 0 Å². The highest BCUT2D eigenvalue weighted by molar-refractivity contribution is 6.01. The second kappa shape index (κ2) is 9.45. The number of hydrogen-bond donors (Lipinski definition) is 0. The molecular formula is C46H46. The molecule has 0 unspecified atom stereocenters. The van der Waals surface area contributed by atoms with Crippen molar-refractivity contribution >= 4 is 6.08 Å². The minimum absolute atomic E-state index is 0.597. The first-order valence-electron chi connectivity index (χ1n) is 17.9. The average Bonchev–Trinajstić information content (AvgIpc) is 3.51. The van der Waals surface area contributed by atoms with E-state index in [1.54, 1.807) is 0 Å². The topological polar surface area (TPSA) is 0 Å². The third-order valence-corrected chi connectivity index (χ3v) is 13.0. The molecule has 0 aliphatic heterocycles. The summed E-state index contributed by atoms with van der Waals surface area (Å²) in [5, 5.41) is 0. The molecule has 1 spiro atoms. The summed E-state index contributed by atoms with van der Waals surface area (Å²) in [5.41, 5.74) is 29.7. The van der Waals surface area contributed by atoms with Crippen molar-refractivity contribution in [3.8, 4) is 33.4 Å². The largest absolute Gasteiger partial charge is 0.0658 e. The second-order valence-corrected chi connectivity index (χ2v) is 14.5. The molecule has 0 atom stereocenters. The second-order valence-electron chi connectivity index (χ2n) is 14.5. The van der Waals surface area contributed by atoms with E-state index in [4.69, 9.17) is 0 Å². The smallest absolute Gasteiger partial charge is 0.0645 e. The summed E-state index contributed by atoms with van der Waals surface area (Å²) < 4.78 is 19.1. The lowest BCUT2D eigenvalue weighted by molar-refractivity contribution is 0.776. The van der Waals surface area contributed by atoms with E-state index in [0.29, 0.717) is 0 Å². The lowest BCUT2D eigenvalue weighted by atomic mass is 9.63. The van der Waals surface area contributed by atoms with Gasteiger partial charge in [0, 0.05) is 2.74 Å². The van der Waals surface area contributed by atoms with Crippen LogP contribution in [-0.2, 0) is 11.8 Å². The van der Waals surface area contributed by atoms with Crippen molar-refractivity contribution in [2.45, 2.75) is 94.9 Å². The van der Waals surface area contributed by atoms with E-state index in [1.165, 1.54) is 106 Å². The van der Waals surface area contributed by atoms with Crippen LogP contribution in [0.2, 0.25) is 0 Å².